The number of carbonyl (C=O) groups is 1. The minimum Gasteiger partial charge on any atom is -0.341 e. The number of rotatable bonds is 4. The van der Waals surface area contributed by atoms with E-state index >= 15 is 0 Å². The first-order valence-electron chi connectivity index (χ1n) is 6.18. The van der Waals surface area contributed by atoms with E-state index in [1.54, 1.807) is 19.3 Å². The third-order valence-electron chi connectivity index (χ3n) is 2.94. The molecule has 3 nitrogen and oxygen atoms in total. The summed E-state index contributed by atoms with van der Waals surface area (Å²) in [5.74, 6) is -0.845. The Morgan fingerprint density at radius 2 is 2.15 bits per heavy atom. The van der Waals surface area contributed by atoms with Crippen molar-refractivity contribution in [1.29, 1.82) is 0 Å². The molecule has 20 heavy (non-hydrogen) atoms. The van der Waals surface area contributed by atoms with Crippen molar-refractivity contribution in [3.05, 3.63) is 64.1 Å². The molecule has 2 aromatic rings. The third-order valence-corrected chi connectivity index (χ3v) is 3.43. The molecule has 0 fully saturated rings. The van der Waals surface area contributed by atoms with E-state index in [1.807, 2.05) is 18.2 Å². The minimum absolute atomic E-state index is 0.0721. The summed E-state index contributed by atoms with van der Waals surface area (Å²) in [4.78, 5) is 17.9. The van der Waals surface area contributed by atoms with Gasteiger partial charge in [0.2, 0.25) is 0 Å². The Balaban J connectivity index is 2.03. The number of aromatic nitrogens is 1. The summed E-state index contributed by atoms with van der Waals surface area (Å²) < 4.78 is 14.3. The highest BCUT2D eigenvalue weighted by Gasteiger charge is 2.16. The van der Waals surface area contributed by atoms with Gasteiger partial charge >= 0.3 is 0 Å². The van der Waals surface area contributed by atoms with Crippen LogP contribution in [-0.2, 0) is 6.42 Å². The maximum absolute atomic E-state index is 13.7. The van der Waals surface area contributed by atoms with Gasteiger partial charge in [-0.25, -0.2) is 4.39 Å². The Kier molecular flexibility index (Phi) is 4.84. The molecule has 0 bridgehead atoms. The molecule has 0 aliphatic heterocycles. The number of nitrogens with zero attached hydrogens (tertiary/aromatic N) is 2. The summed E-state index contributed by atoms with van der Waals surface area (Å²) in [5.41, 5.74) is 0.977. The minimum atomic E-state index is -0.511. The van der Waals surface area contributed by atoms with Gasteiger partial charge in [-0.05, 0) is 30.3 Å². The van der Waals surface area contributed by atoms with Crippen LogP contribution < -0.4 is 0 Å². The van der Waals surface area contributed by atoms with E-state index < -0.39 is 5.82 Å². The summed E-state index contributed by atoms with van der Waals surface area (Å²) in [6.07, 6.45) is 2.35. The molecule has 104 valence electrons. The van der Waals surface area contributed by atoms with Crippen LogP contribution in [0.15, 0.2) is 47.1 Å². The first-order valence-corrected chi connectivity index (χ1v) is 6.97. The number of carbonyl (C=O) groups excluding carboxylic acids is 1. The van der Waals surface area contributed by atoms with E-state index in [0.29, 0.717) is 17.4 Å². The van der Waals surface area contributed by atoms with Gasteiger partial charge in [0.15, 0.2) is 0 Å². The van der Waals surface area contributed by atoms with Crippen LogP contribution in [0.25, 0.3) is 0 Å². The van der Waals surface area contributed by atoms with Gasteiger partial charge in [-0.2, -0.15) is 0 Å². The van der Waals surface area contributed by atoms with Crippen LogP contribution in [0, 0.1) is 5.82 Å². The number of hydrogen-bond donors (Lipinski definition) is 0. The van der Waals surface area contributed by atoms with Crippen molar-refractivity contribution in [2.75, 3.05) is 13.6 Å². The van der Waals surface area contributed by atoms with Gasteiger partial charge in [0.1, 0.15) is 5.82 Å². The lowest BCUT2D eigenvalue weighted by atomic mass is 10.2. The van der Waals surface area contributed by atoms with Crippen LogP contribution in [0.2, 0.25) is 0 Å². The molecular weight excluding hydrogens is 323 g/mol. The number of halogens is 2. The maximum Gasteiger partial charge on any atom is 0.256 e. The molecular formula is C15H14BrFN2O. The predicted molar refractivity (Wildman–Crippen MR) is 79.0 cm³/mol. The Bertz CT molecular complexity index is 604. The zero-order chi connectivity index (χ0) is 14.5. The standard InChI is InChI=1S/C15H14BrFN2O/c1-19(9-7-12-4-2-3-8-18-12)15(20)13-10-11(16)5-6-14(13)17/h2-6,8,10H,7,9H2,1H3. The van der Waals surface area contributed by atoms with Crippen molar-refractivity contribution in [2.45, 2.75) is 6.42 Å². The molecule has 1 heterocycles. The third kappa shape index (κ3) is 3.63. The lowest BCUT2D eigenvalue weighted by molar-refractivity contribution is 0.0791. The van der Waals surface area contributed by atoms with Gasteiger partial charge in [0.25, 0.3) is 5.91 Å². The quantitative estimate of drug-likeness (QED) is 0.858. The fourth-order valence-electron chi connectivity index (χ4n) is 1.80. The van der Waals surface area contributed by atoms with Crippen molar-refractivity contribution in [3.8, 4) is 0 Å². The first kappa shape index (κ1) is 14.7. The molecule has 0 aliphatic rings. The van der Waals surface area contributed by atoms with Gasteiger partial charge in [0, 0.05) is 36.4 Å². The molecule has 0 saturated heterocycles. The lowest BCUT2D eigenvalue weighted by Crippen LogP contribution is -2.29. The molecule has 0 radical (unpaired) electrons. The molecule has 1 amide bonds. The average Bonchev–Trinajstić information content (AvgIpc) is 2.47. The highest BCUT2D eigenvalue weighted by molar-refractivity contribution is 9.10. The van der Waals surface area contributed by atoms with E-state index in [2.05, 4.69) is 20.9 Å². The Morgan fingerprint density at radius 3 is 2.85 bits per heavy atom. The van der Waals surface area contributed by atoms with E-state index in [4.69, 9.17) is 0 Å². The van der Waals surface area contributed by atoms with Crippen molar-refractivity contribution >= 4 is 21.8 Å². The van der Waals surface area contributed by atoms with E-state index in [0.717, 1.165) is 5.69 Å². The maximum atomic E-state index is 13.7. The molecule has 0 N–H and O–H groups in total. The highest BCUT2D eigenvalue weighted by atomic mass is 79.9. The second kappa shape index (κ2) is 6.61. The Morgan fingerprint density at radius 1 is 1.35 bits per heavy atom. The Hall–Kier alpha value is -1.75. The molecule has 0 atom stereocenters. The van der Waals surface area contributed by atoms with Crippen LogP contribution in [0.3, 0.4) is 0 Å². The normalized spacial score (nSPS) is 10.3. The van der Waals surface area contributed by atoms with E-state index in [9.17, 15) is 9.18 Å². The fraction of sp³-hybridized carbons (Fsp3) is 0.200. The summed E-state index contributed by atoms with van der Waals surface area (Å²) in [6, 6.07) is 9.99. The molecule has 0 saturated carbocycles. The zero-order valence-corrected chi connectivity index (χ0v) is 12.6. The van der Waals surface area contributed by atoms with Crippen molar-refractivity contribution in [3.63, 3.8) is 0 Å². The van der Waals surface area contributed by atoms with Crippen LogP contribution in [-0.4, -0.2) is 29.4 Å². The lowest BCUT2D eigenvalue weighted by Gasteiger charge is -2.17. The monoisotopic (exact) mass is 336 g/mol. The molecule has 1 aromatic heterocycles. The number of pyridine rings is 1. The van der Waals surface area contributed by atoms with Gasteiger partial charge < -0.3 is 4.90 Å². The second-order valence-corrected chi connectivity index (χ2v) is 5.34. The predicted octanol–water partition coefficient (Wildman–Crippen LogP) is 3.30. The molecule has 0 aliphatic carbocycles. The molecule has 2 rings (SSSR count). The number of likely N-dealkylation sites (N-methyl/N-ethyl adjacent to an activating group) is 1. The molecule has 0 unspecified atom stereocenters. The van der Waals surface area contributed by atoms with E-state index in [1.165, 1.54) is 17.0 Å². The average molecular weight is 337 g/mol. The second-order valence-electron chi connectivity index (χ2n) is 4.42. The van der Waals surface area contributed by atoms with Crippen LogP contribution in [0.1, 0.15) is 16.1 Å². The highest BCUT2D eigenvalue weighted by Crippen LogP contribution is 2.17. The van der Waals surface area contributed by atoms with Crippen molar-refractivity contribution in [1.82, 2.24) is 9.88 Å². The summed E-state index contributed by atoms with van der Waals surface area (Å²) >= 11 is 3.24. The largest absolute Gasteiger partial charge is 0.341 e. The van der Waals surface area contributed by atoms with Crippen molar-refractivity contribution < 1.29 is 9.18 Å². The summed E-state index contributed by atoms with van der Waals surface area (Å²) in [6.45, 7) is 0.488. The summed E-state index contributed by atoms with van der Waals surface area (Å²) in [5, 5.41) is 0. The van der Waals surface area contributed by atoms with Gasteiger partial charge in [-0.1, -0.05) is 22.0 Å². The van der Waals surface area contributed by atoms with Gasteiger partial charge in [0.05, 0.1) is 5.56 Å². The molecule has 5 heteroatoms. The smallest absolute Gasteiger partial charge is 0.256 e. The molecule has 0 spiro atoms. The van der Waals surface area contributed by atoms with E-state index in [-0.39, 0.29) is 11.5 Å². The van der Waals surface area contributed by atoms with Crippen LogP contribution in [0.4, 0.5) is 4.39 Å². The first-order chi connectivity index (χ1) is 9.58. The van der Waals surface area contributed by atoms with Gasteiger partial charge in [-0.3, -0.25) is 9.78 Å². The Labute approximate surface area is 125 Å². The number of benzene rings is 1. The SMILES string of the molecule is CN(CCc1ccccn1)C(=O)c1cc(Br)ccc1F. The number of hydrogen-bond acceptors (Lipinski definition) is 2. The van der Waals surface area contributed by atoms with Gasteiger partial charge in [-0.15, -0.1) is 0 Å². The topological polar surface area (TPSA) is 33.2 Å². The zero-order valence-electron chi connectivity index (χ0n) is 11.0. The van der Waals surface area contributed by atoms with Crippen LogP contribution >= 0.6 is 15.9 Å². The number of amides is 1. The fourth-order valence-corrected chi connectivity index (χ4v) is 2.16. The van der Waals surface area contributed by atoms with Crippen molar-refractivity contribution in [2.24, 2.45) is 0 Å². The summed E-state index contributed by atoms with van der Waals surface area (Å²) in [7, 11) is 1.66. The van der Waals surface area contributed by atoms with Crippen LogP contribution in [0.5, 0.6) is 0 Å². The molecule has 1 aromatic carbocycles.